The van der Waals surface area contributed by atoms with Gasteiger partial charge in [-0.2, -0.15) is 0 Å². The van der Waals surface area contributed by atoms with E-state index in [1.807, 2.05) is 0 Å². The standard InChI is InChI=1S/CH3NO3S2/c2-7(4,5)1-6-3/h1H,(H2,2,4,5). The monoisotopic (exact) mass is 141 g/mol. The van der Waals surface area contributed by atoms with E-state index in [9.17, 15) is 12.6 Å². The van der Waals surface area contributed by atoms with Crippen LogP contribution < -0.4 is 5.14 Å². The van der Waals surface area contributed by atoms with E-state index in [0.717, 1.165) is 0 Å². The molecule has 0 amide bonds. The first-order valence-electron chi connectivity index (χ1n) is 1.21. The summed E-state index contributed by atoms with van der Waals surface area (Å²) >= 11 is -0.179. The highest BCUT2D eigenvalue weighted by molar-refractivity contribution is 8.10. The molecule has 0 saturated carbocycles. The van der Waals surface area contributed by atoms with Crippen molar-refractivity contribution in [2.75, 3.05) is 0 Å². The molecule has 0 aromatic heterocycles. The molecule has 0 heterocycles. The second-order valence-corrected chi connectivity index (χ2v) is 2.92. The third kappa shape index (κ3) is 5.80. The van der Waals surface area contributed by atoms with Gasteiger partial charge in [0.1, 0.15) is 16.0 Å². The molecule has 0 aliphatic heterocycles. The summed E-state index contributed by atoms with van der Waals surface area (Å²) in [6.45, 7) is 0. The lowest BCUT2D eigenvalue weighted by atomic mass is 11.9. The second-order valence-electron chi connectivity index (χ2n) is 0.781. The lowest BCUT2D eigenvalue weighted by molar-refractivity contribution is 0.610. The Hall–Kier alpha value is -0.200. The van der Waals surface area contributed by atoms with Gasteiger partial charge < -0.3 is 0 Å². The molecule has 0 aromatic rings. The predicted molar refractivity (Wildman–Crippen MR) is 27.3 cm³/mol. The van der Waals surface area contributed by atoms with Crippen molar-refractivity contribution in [1.82, 2.24) is 0 Å². The van der Waals surface area contributed by atoms with E-state index in [0.29, 0.717) is 4.70 Å². The Labute approximate surface area is 44.4 Å². The average Bonchev–Trinajstić information content (AvgIpc) is 1.30. The van der Waals surface area contributed by atoms with Gasteiger partial charge in [0.15, 0.2) is 0 Å². The number of nitrogens with two attached hydrogens (primary N) is 1. The first-order chi connectivity index (χ1) is 3.06. The van der Waals surface area contributed by atoms with E-state index in [2.05, 4.69) is 5.14 Å². The van der Waals surface area contributed by atoms with Crippen molar-refractivity contribution in [2.24, 2.45) is 5.14 Å². The SMILES string of the molecule is NS(=O)(=O)C=S=O. The van der Waals surface area contributed by atoms with Gasteiger partial charge in [0.05, 0.1) is 0 Å². The van der Waals surface area contributed by atoms with Gasteiger partial charge in [-0.25, -0.2) is 17.8 Å². The Balaban J connectivity index is 4.44. The fraction of sp³-hybridized carbons (Fsp3) is 0. The van der Waals surface area contributed by atoms with E-state index in [4.69, 9.17) is 0 Å². The summed E-state index contributed by atoms with van der Waals surface area (Å²) in [6, 6.07) is 0. The van der Waals surface area contributed by atoms with Crippen LogP contribution in [0.15, 0.2) is 0 Å². The van der Waals surface area contributed by atoms with Crippen LogP contribution in [0.3, 0.4) is 0 Å². The smallest absolute Gasteiger partial charge is 0.224 e. The van der Waals surface area contributed by atoms with Crippen molar-refractivity contribution in [3.63, 3.8) is 0 Å². The average molecular weight is 141 g/mol. The van der Waals surface area contributed by atoms with Gasteiger partial charge in [-0.15, -0.1) is 0 Å². The Morgan fingerprint density at radius 2 is 2.00 bits per heavy atom. The van der Waals surface area contributed by atoms with Gasteiger partial charge in [-0.05, 0) is 0 Å². The van der Waals surface area contributed by atoms with E-state index in [-0.39, 0.29) is 11.3 Å². The molecule has 0 spiro atoms. The minimum absolute atomic E-state index is 0.179. The molecule has 0 bridgehead atoms. The molecule has 0 aliphatic rings. The number of hydrogen-bond acceptors (Lipinski definition) is 3. The summed E-state index contributed by atoms with van der Waals surface area (Å²) in [5.41, 5.74) is 0. The highest BCUT2D eigenvalue weighted by atomic mass is 32.2. The molecular formula is CH3NO3S2. The third-order valence-corrected chi connectivity index (χ3v) is 1.56. The van der Waals surface area contributed by atoms with E-state index in [1.54, 1.807) is 0 Å². The fourth-order valence-corrected chi connectivity index (χ4v) is 0.493. The lowest BCUT2D eigenvalue weighted by Crippen LogP contribution is -2.11. The number of sulfonamides is 1. The van der Waals surface area contributed by atoms with Gasteiger partial charge in [0.2, 0.25) is 10.0 Å². The molecule has 0 unspecified atom stereocenters. The van der Waals surface area contributed by atoms with Crippen molar-refractivity contribution in [3.05, 3.63) is 0 Å². The zero-order valence-electron chi connectivity index (χ0n) is 3.20. The summed E-state index contributed by atoms with van der Waals surface area (Å²) in [4.78, 5) is 0. The van der Waals surface area contributed by atoms with Crippen LogP contribution in [0.1, 0.15) is 0 Å². The molecule has 0 saturated heterocycles. The topological polar surface area (TPSA) is 77.2 Å². The minimum atomic E-state index is -3.65. The van der Waals surface area contributed by atoms with Crippen LogP contribution in [-0.4, -0.2) is 17.3 Å². The van der Waals surface area contributed by atoms with E-state index < -0.39 is 10.0 Å². The van der Waals surface area contributed by atoms with Crippen molar-refractivity contribution in [1.29, 1.82) is 0 Å². The third-order valence-electron chi connectivity index (χ3n) is 0.173. The number of rotatable bonds is 1. The molecule has 0 aliphatic carbocycles. The summed E-state index contributed by atoms with van der Waals surface area (Å²) in [6.07, 6.45) is 0. The Morgan fingerprint density at radius 1 is 1.57 bits per heavy atom. The van der Waals surface area contributed by atoms with Crippen molar-refractivity contribution >= 4 is 26.0 Å². The van der Waals surface area contributed by atoms with Gasteiger partial charge in [-0.3, -0.25) is 0 Å². The quantitative estimate of drug-likeness (QED) is 0.440. The molecule has 6 heteroatoms. The van der Waals surface area contributed by atoms with Crippen molar-refractivity contribution in [2.45, 2.75) is 0 Å². The fourth-order valence-electron chi connectivity index (χ4n) is 0.0548. The Bertz CT molecular complexity index is 185. The maximum Gasteiger partial charge on any atom is 0.243 e. The summed E-state index contributed by atoms with van der Waals surface area (Å²) in [5.74, 6) is 0. The largest absolute Gasteiger partial charge is 0.243 e. The lowest BCUT2D eigenvalue weighted by Gasteiger charge is -1.73. The van der Waals surface area contributed by atoms with Crippen LogP contribution in [0.5, 0.6) is 0 Å². The molecule has 0 atom stereocenters. The van der Waals surface area contributed by atoms with Crippen LogP contribution in [-0.2, 0) is 21.3 Å². The molecule has 4 nitrogen and oxygen atoms in total. The second kappa shape index (κ2) is 2.20. The van der Waals surface area contributed by atoms with Crippen molar-refractivity contribution in [3.8, 4) is 0 Å². The van der Waals surface area contributed by atoms with Crippen LogP contribution in [0.2, 0.25) is 0 Å². The molecular weight excluding hydrogens is 138 g/mol. The molecule has 0 radical (unpaired) electrons. The normalized spacial score (nSPS) is 10.4. The van der Waals surface area contributed by atoms with E-state index >= 15 is 0 Å². The highest BCUT2D eigenvalue weighted by Gasteiger charge is 1.89. The zero-order valence-corrected chi connectivity index (χ0v) is 4.83. The first kappa shape index (κ1) is 6.80. The summed E-state index contributed by atoms with van der Waals surface area (Å²) in [5, 5.41) is 4.34. The Kier molecular flexibility index (Phi) is 2.13. The number of primary sulfonamides is 1. The molecule has 7 heavy (non-hydrogen) atoms. The van der Waals surface area contributed by atoms with Gasteiger partial charge in [0.25, 0.3) is 0 Å². The van der Waals surface area contributed by atoms with Crippen LogP contribution in [0.25, 0.3) is 0 Å². The van der Waals surface area contributed by atoms with Crippen LogP contribution in [0, 0.1) is 0 Å². The molecule has 0 rings (SSSR count). The summed E-state index contributed by atoms with van der Waals surface area (Å²) in [7, 11) is -3.65. The molecule has 0 aromatic carbocycles. The van der Waals surface area contributed by atoms with E-state index in [1.165, 1.54) is 0 Å². The van der Waals surface area contributed by atoms with Gasteiger partial charge in [0, 0.05) is 0 Å². The predicted octanol–water partition coefficient (Wildman–Crippen LogP) is -1.75. The zero-order chi connectivity index (χ0) is 5.91. The summed E-state index contributed by atoms with van der Waals surface area (Å²) < 4.78 is 29.2. The number of hydrogen-bond donors (Lipinski definition) is 1. The van der Waals surface area contributed by atoms with Crippen molar-refractivity contribution < 1.29 is 12.6 Å². The van der Waals surface area contributed by atoms with Crippen LogP contribution in [0.4, 0.5) is 0 Å². The maximum atomic E-state index is 9.73. The highest BCUT2D eigenvalue weighted by Crippen LogP contribution is 1.58. The molecule has 42 valence electrons. The molecule has 0 fully saturated rings. The Morgan fingerprint density at radius 3 is 2.00 bits per heavy atom. The first-order valence-corrected chi connectivity index (χ1v) is 3.62. The maximum absolute atomic E-state index is 9.73. The van der Waals surface area contributed by atoms with Gasteiger partial charge in [-0.1, -0.05) is 0 Å². The van der Waals surface area contributed by atoms with Crippen LogP contribution >= 0.6 is 0 Å². The minimum Gasteiger partial charge on any atom is -0.224 e. The van der Waals surface area contributed by atoms with Gasteiger partial charge >= 0.3 is 0 Å². The molecule has 2 N–H and O–H groups in total.